The van der Waals surface area contributed by atoms with Crippen LogP contribution in [-0.4, -0.2) is 6.04 Å². The van der Waals surface area contributed by atoms with Gasteiger partial charge in [-0.1, -0.05) is 18.2 Å². The van der Waals surface area contributed by atoms with Crippen LogP contribution < -0.4 is 5.32 Å². The molecule has 0 saturated carbocycles. The van der Waals surface area contributed by atoms with Gasteiger partial charge in [0.2, 0.25) is 0 Å². The Morgan fingerprint density at radius 2 is 2.11 bits per heavy atom. The van der Waals surface area contributed by atoms with E-state index < -0.39 is 0 Å². The molecule has 0 saturated heterocycles. The highest BCUT2D eigenvalue weighted by atomic mass is 16.3. The number of rotatable bonds is 6. The van der Waals surface area contributed by atoms with Gasteiger partial charge in [-0.25, -0.2) is 0 Å². The van der Waals surface area contributed by atoms with Crippen LogP contribution in [0.1, 0.15) is 30.2 Å². The third kappa shape index (κ3) is 3.97. The Bertz CT molecular complexity index is 540. The van der Waals surface area contributed by atoms with Crippen LogP contribution >= 0.6 is 0 Å². The van der Waals surface area contributed by atoms with Crippen molar-refractivity contribution in [2.45, 2.75) is 32.4 Å². The van der Waals surface area contributed by atoms with Gasteiger partial charge >= 0.3 is 0 Å². The molecule has 0 aliphatic heterocycles. The molecule has 1 aromatic heterocycles. The minimum atomic E-state index is 0.386. The molecule has 0 aliphatic rings. The molecule has 1 atom stereocenters. The molecule has 1 heterocycles. The Hall–Kier alpha value is -2.05. The molecule has 0 amide bonds. The van der Waals surface area contributed by atoms with Crippen LogP contribution in [0.4, 0.5) is 0 Å². The molecular weight excluding hydrogens is 236 g/mol. The lowest BCUT2D eigenvalue weighted by Gasteiger charge is -2.13. The average Bonchev–Trinajstić information content (AvgIpc) is 2.96. The number of nitrogens with one attached hydrogen (secondary N) is 1. The zero-order chi connectivity index (χ0) is 13.5. The first kappa shape index (κ1) is 13.4. The Morgan fingerprint density at radius 1 is 1.26 bits per heavy atom. The summed E-state index contributed by atoms with van der Waals surface area (Å²) in [4.78, 5) is 0. The SMILES string of the molecule is CC(CCc1ccco1)NCc1ccccc1C#N. The van der Waals surface area contributed by atoms with Crippen molar-refractivity contribution < 1.29 is 4.42 Å². The van der Waals surface area contributed by atoms with Crippen LogP contribution in [0.25, 0.3) is 0 Å². The molecule has 1 aromatic carbocycles. The topological polar surface area (TPSA) is 49.0 Å². The Kier molecular flexibility index (Phi) is 4.77. The largest absolute Gasteiger partial charge is 0.469 e. The molecule has 2 rings (SSSR count). The maximum Gasteiger partial charge on any atom is 0.103 e. The van der Waals surface area contributed by atoms with Gasteiger partial charge in [-0.05, 0) is 37.1 Å². The minimum absolute atomic E-state index is 0.386. The molecule has 1 unspecified atom stereocenters. The van der Waals surface area contributed by atoms with Crippen molar-refractivity contribution in [3.63, 3.8) is 0 Å². The first-order valence-corrected chi connectivity index (χ1v) is 6.53. The van der Waals surface area contributed by atoms with Gasteiger partial charge in [-0.15, -0.1) is 0 Å². The Morgan fingerprint density at radius 3 is 2.84 bits per heavy atom. The normalized spacial score (nSPS) is 12.0. The smallest absolute Gasteiger partial charge is 0.103 e. The van der Waals surface area contributed by atoms with Gasteiger partial charge in [0.25, 0.3) is 0 Å². The molecule has 0 aliphatic carbocycles. The summed E-state index contributed by atoms with van der Waals surface area (Å²) in [6.07, 6.45) is 3.65. The third-order valence-corrected chi connectivity index (χ3v) is 3.18. The summed E-state index contributed by atoms with van der Waals surface area (Å²) >= 11 is 0. The zero-order valence-corrected chi connectivity index (χ0v) is 11.1. The highest BCUT2D eigenvalue weighted by molar-refractivity contribution is 5.37. The Balaban J connectivity index is 1.80. The van der Waals surface area contributed by atoms with Crippen molar-refractivity contribution in [3.8, 4) is 6.07 Å². The lowest BCUT2D eigenvalue weighted by Crippen LogP contribution is -2.26. The summed E-state index contributed by atoms with van der Waals surface area (Å²) < 4.78 is 5.31. The predicted octanol–water partition coefficient (Wildman–Crippen LogP) is 3.26. The standard InChI is InChI=1S/C16H18N2O/c1-13(8-9-16-7-4-10-19-16)18-12-15-6-3-2-5-14(15)11-17/h2-7,10,13,18H,8-9,12H2,1H3. The van der Waals surface area contributed by atoms with Gasteiger partial charge < -0.3 is 9.73 Å². The molecule has 98 valence electrons. The minimum Gasteiger partial charge on any atom is -0.469 e. The first-order chi connectivity index (χ1) is 9.29. The molecule has 0 radical (unpaired) electrons. The van der Waals surface area contributed by atoms with Crippen LogP contribution in [0.15, 0.2) is 47.1 Å². The van der Waals surface area contributed by atoms with E-state index in [4.69, 9.17) is 9.68 Å². The van der Waals surface area contributed by atoms with Crippen molar-refractivity contribution >= 4 is 0 Å². The number of benzene rings is 1. The number of nitrogens with zero attached hydrogens (tertiary/aromatic N) is 1. The fourth-order valence-electron chi connectivity index (χ4n) is 1.98. The number of hydrogen-bond donors (Lipinski definition) is 1. The van der Waals surface area contributed by atoms with E-state index in [1.54, 1.807) is 6.26 Å². The van der Waals surface area contributed by atoms with Crippen LogP contribution in [0, 0.1) is 11.3 Å². The molecule has 0 fully saturated rings. The first-order valence-electron chi connectivity index (χ1n) is 6.53. The molecule has 19 heavy (non-hydrogen) atoms. The number of hydrogen-bond acceptors (Lipinski definition) is 3. The van der Waals surface area contributed by atoms with E-state index in [0.29, 0.717) is 6.04 Å². The van der Waals surface area contributed by atoms with E-state index in [1.807, 2.05) is 36.4 Å². The summed E-state index contributed by atoms with van der Waals surface area (Å²) in [6.45, 7) is 2.88. The predicted molar refractivity (Wildman–Crippen MR) is 74.5 cm³/mol. The fraction of sp³-hybridized carbons (Fsp3) is 0.312. The van der Waals surface area contributed by atoms with Gasteiger partial charge in [-0.3, -0.25) is 0 Å². The van der Waals surface area contributed by atoms with Crippen molar-refractivity contribution in [1.29, 1.82) is 5.26 Å². The molecule has 3 heteroatoms. The summed E-state index contributed by atoms with van der Waals surface area (Å²) in [6, 6.07) is 14.2. The van der Waals surface area contributed by atoms with Crippen molar-refractivity contribution in [2.75, 3.05) is 0 Å². The maximum absolute atomic E-state index is 9.02. The zero-order valence-electron chi connectivity index (χ0n) is 11.1. The van der Waals surface area contributed by atoms with Gasteiger partial charge in [0.1, 0.15) is 5.76 Å². The highest BCUT2D eigenvalue weighted by Crippen LogP contribution is 2.09. The summed E-state index contributed by atoms with van der Waals surface area (Å²) in [7, 11) is 0. The summed E-state index contributed by atoms with van der Waals surface area (Å²) in [5, 5.41) is 12.5. The van der Waals surface area contributed by atoms with E-state index >= 15 is 0 Å². The van der Waals surface area contributed by atoms with E-state index in [2.05, 4.69) is 18.3 Å². The number of nitriles is 1. The van der Waals surface area contributed by atoms with Crippen LogP contribution in [0.2, 0.25) is 0 Å². The fourth-order valence-corrected chi connectivity index (χ4v) is 1.98. The van der Waals surface area contributed by atoms with Gasteiger partial charge in [0.05, 0.1) is 17.9 Å². The van der Waals surface area contributed by atoms with Crippen molar-refractivity contribution in [2.24, 2.45) is 0 Å². The Labute approximate surface area is 113 Å². The lowest BCUT2D eigenvalue weighted by molar-refractivity contribution is 0.460. The second-order valence-electron chi connectivity index (χ2n) is 4.67. The van der Waals surface area contributed by atoms with Crippen LogP contribution in [0.3, 0.4) is 0 Å². The molecule has 3 nitrogen and oxygen atoms in total. The maximum atomic E-state index is 9.02. The van der Waals surface area contributed by atoms with Gasteiger partial charge in [0.15, 0.2) is 0 Å². The second kappa shape index (κ2) is 6.77. The number of furan rings is 1. The van der Waals surface area contributed by atoms with E-state index in [1.165, 1.54) is 0 Å². The monoisotopic (exact) mass is 254 g/mol. The molecule has 2 aromatic rings. The second-order valence-corrected chi connectivity index (χ2v) is 4.67. The van der Waals surface area contributed by atoms with Gasteiger partial charge in [0, 0.05) is 19.0 Å². The quantitative estimate of drug-likeness (QED) is 0.860. The van der Waals surface area contributed by atoms with Crippen LogP contribution in [-0.2, 0) is 13.0 Å². The molecular formula is C16H18N2O. The van der Waals surface area contributed by atoms with E-state index in [9.17, 15) is 0 Å². The summed E-state index contributed by atoms with van der Waals surface area (Å²) in [5.41, 5.74) is 1.79. The molecule has 0 spiro atoms. The van der Waals surface area contributed by atoms with E-state index in [0.717, 1.165) is 36.3 Å². The highest BCUT2D eigenvalue weighted by Gasteiger charge is 2.05. The van der Waals surface area contributed by atoms with Crippen LogP contribution in [0.5, 0.6) is 0 Å². The molecule has 1 N–H and O–H groups in total. The third-order valence-electron chi connectivity index (χ3n) is 3.18. The number of aryl methyl sites for hydroxylation is 1. The van der Waals surface area contributed by atoms with Crippen molar-refractivity contribution in [1.82, 2.24) is 5.32 Å². The van der Waals surface area contributed by atoms with E-state index in [-0.39, 0.29) is 0 Å². The van der Waals surface area contributed by atoms with Gasteiger partial charge in [-0.2, -0.15) is 5.26 Å². The molecule has 0 bridgehead atoms. The lowest BCUT2D eigenvalue weighted by atomic mass is 10.1. The summed E-state index contributed by atoms with van der Waals surface area (Å²) in [5.74, 6) is 1.02. The average molecular weight is 254 g/mol. The van der Waals surface area contributed by atoms with Crippen molar-refractivity contribution in [3.05, 3.63) is 59.5 Å².